The quantitative estimate of drug-likeness (QED) is 0.829. The Morgan fingerprint density at radius 3 is 2.30 bits per heavy atom. The third-order valence-electron chi connectivity index (χ3n) is 4.07. The van der Waals surface area contributed by atoms with Crippen LogP contribution in [-0.4, -0.2) is 23.1 Å². The molecule has 2 aromatic rings. The highest BCUT2D eigenvalue weighted by atomic mass is 19.4. The van der Waals surface area contributed by atoms with Crippen molar-refractivity contribution in [2.75, 3.05) is 16.8 Å². The Hall–Kier alpha value is -2.77. The lowest BCUT2D eigenvalue weighted by molar-refractivity contribution is -0.138. The first-order valence-electron chi connectivity index (χ1n) is 8.56. The van der Waals surface area contributed by atoms with Gasteiger partial charge in [-0.15, -0.1) is 0 Å². The van der Waals surface area contributed by atoms with E-state index in [0.717, 1.165) is 22.9 Å². The summed E-state index contributed by atoms with van der Waals surface area (Å²) < 4.78 is 39.0. The predicted molar refractivity (Wildman–Crippen MR) is 98.9 cm³/mol. The van der Waals surface area contributed by atoms with Crippen molar-refractivity contribution in [2.24, 2.45) is 0 Å². The van der Waals surface area contributed by atoms with E-state index >= 15 is 0 Å². The van der Waals surface area contributed by atoms with Crippen LogP contribution in [0.25, 0.3) is 0 Å². The van der Waals surface area contributed by atoms with Gasteiger partial charge < -0.3 is 14.8 Å². The fraction of sp³-hybridized carbons (Fsp3) is 0.368. The van der Waals surface area contributed by atoms with Crippen molar-refractivity contribution in [1.29, 1.82) is 0 Å². The molecule has 1 N–H and O–H groups in total. The second-order valence-corrected chi connectivity index (χ2v) is 6.36. The highest BCUT2D eigenvalue weighted by Gasteiger charge is 2.31. The van der Waals surface area contributed by atoms with Gasteiger partial charge in [0.2, 0.25) is 5.91 Å². The second kappa shape index (κ2) is 8.28. The maximum Gasteiger partial charge on any atom is 0.417 e. The number of aromatic nitrogens is 1. The van der Waals surface area contributed by atoms with Gasteiger partial charge in [0.15, 0.2) is 0 Å². The Morgan fingerprint density at radius 2 is 1.78 bits per heavy atom. The van der Waals surface area contributed by atoms with E-state index < -0.39 is 29.8 Å². The molecule has 0 fully saturated rings. The lowest BCUT2D eigenvalue weighted by atomic mass is 10.2. The van der Waals surface area contributed by atoms with Crippen LogP contribution in [0.4, 0.5) is 24.5 Å². The Balaban J connectivity index is 2.09. The second-order valence-electron chi connectivity index (χ2n) is 6.36. The van der Waals surface area contributed by atoms with Crippen molar-refractivity contribution in [3.8, 4) is 0 Å². The third kappa shape index (κ3) is 5.35. The van der Waals surface area contributed by atoms with Crippen molar-refractivity contribution in [3.05, 3.63) is 58.5 Å². The van der Waals surface area contributed by atoms with E-state index in [-0.39, 0.29) is 0 Å². The largest absolute Gasteiger partial charge is 0.417 e. The molecule has 1 heterocycles. The van der Waals surface area contributed by atoms with Crippen molar-refractivity contribution >= 4 is 17.3 Å². The molecule has 8 heteroatoms. The minimum atomic E-state index is -4.58. The van der Waals surface area contributed by atoms with Crippen molar-refractivity contribution in [1.82, 2.24) is 4.57 Å². The molecule has 0 radical (unpaired) electrons. The molecule has 0 bridgehead atoms. The topological polar surface area (TPSA) is 54.3 Å². The van der Waals surface area contributed by atoms with Crippen LogP contribution in [0.3, 0.4) is 0 Å². The van der Waals surface area contributed by atoms with Gasteiger partial charge in [-0.1, -0.05) is 0 Å². The molecule has 1 amide bonds. The predicted octanol–water partition coefficient (Wildman–Crippen LogP) is 3.74. The lowest BCUT2D eigenvalue weighted by Gasteiger charge is -2.27. The zero-order valence-corrected chi connectivity index (χ0v) is 15.4. The van der Waals surface area contributed by atoms with Gasteiger partial charge in [-0.3, -0.25) is 9.59 Å². The van der Waals surface area contributed by atoms with Gasteiger partial charge in [0.25, 0.3) is 5.56 Å². The maximum absolute atomic E-state index is 12.8. The number of rotatable bonds is 6. The number of nitrogens with zero attached hydrogens (tertiary/aromatic N) is 2. The molecule has 0 aliphatic rings. The summed E-state index contributed by atoms with van der Waals surface area (Å²) in [5.74, 6) is -0.583. The molecule has 2 rings (SSSR count). The van der Waals surface area contributed by atoms with E-state index in [9.17, 15) is 22.8 Å². The normalized spacial score (nSPS) is 11.5. The maximum atomic E-state index is 12.8. The lowest BCUT2D eigenvalue weighted by Crippen LogP contribution is -2.30. The average molecular weight is 381 g/mol. The number of alkyl halides is 3. The fourth-order valence-electron chi connectivity index (χ4n) is 2.76. The number of anilines is 2. The van der Waals surface area contributed by atoms with Crippen LogP contribution >= 0.6 is 0 Å². The number of benzene rings is 1. The number of pyridine rings is 1. The van der Waals surface area contributed by atoms with Crippen molar-refractivity contribution < 1.29 is 18.0 Å². The summed E-state index contributed by atoms with van der Waals surface area (Å²) in [6, 6.07) is 8.97. The van der Waals surface area contributed by atoms with E-state index in [0.29, 0.717) is 24.0 Å². The van der Waals surface area contributed by atoms with Crippen LogP contribution < -0.4 is 15.8 Å². The van der Waals surface area contributed by atoms with Crippen LogP contribution in [0.5, 0.6) is 0 Å². The first kappa shape index (κ1) is 20.5. The Labute approximate surface area is 155 Å². The number of hydrogen-bond acceptors (Lipinski definition) is 3. The van der Waals surface area contributed by atoms with E-state index in [1.807, 2.05) is 19.1 Å². The summed E-state index contributed by atoms with van der Waals surface area (Å²) in [5.41, 5.74) is -0.153. The van der Waals surface area contributed by atoms with Crippen LogP contribution in [0.15, 0.2) is 47.4 Å². The summed E-state index contributed by atoms with van der Waals surface area (Å²) in [7, 11) is 0. The van der Waals surface area contributed by atoms with Crippen LogP contribution in [0, 0.1) is 0 Å². The molecule has 0 spiro atoms. The molecule has 1 aromatic heterocycles. The Morgan fingerprint density at radius 1 is 1.15 bits per heavy atom. The highest BCUT2D eigenvalue weighted by Crippen LogP contribution is 2.28. The molecular weight excluding hydrogens is 359 g/mol. The molecule has 5 nitrogen and oxygen atoms in total. The molecule has 0 saturated heterocycles. The highest BCUT2D eigenvalue weighted by molar-refractivity contribution is 5.90. The monoisotopic (exact) mass is 381 g/mol. The van der Waals surface area contributed by atoms with Crippen LogP contribution in [-0.2, 0) is 17.5 Å². The Kier molecular flexibility index (Phi) is 6.30. The number of amides is 1. The van der Waals surface area contributed by atoms with Gasteiger partial charge in [0.05, 0.1) is 5.56 Å². The van der Waals surface area contributed by atoms with E-state index in [1.165, 1.54) is 0 Å². The first-order chi connectivity index (χ1) is 12.6. The first-order valence-corrected chi connectivity index (χ1v) is 8.56. The smallest absolute Gasteiger partial charge is 0.369 e. The molecule has 146 valence electrons. The number of nitrogens with one attached hydrogen (secondary N) is 1. The molecule has 27 heavy (non-hydrogen) atoms. The van der Waals surface area contributed by atoms with Crippen LogP contribution in [0.2, 0.25) is 0 Å². The molecule has 0 atom stereocenters. The minimum absolute atomic E-state index is 0.322. The number of halogens is 3. The zero-order valence-electron chi connectivity index (χ0n) is 15.4. The molecular formula is C19H22F3N3O2. The van der Waals surface area contributed by atoms with E-state index in [4.69, 9.17) is 0 Å². The SMILES string of the molecule is CCN(c1ccc(NC(=O)Cn2cc(C(F)(F)F)ccc2=O)cc1)C(C)C. The minimum Gasteiger partial charge on any atom is -0.369 e. The van der Waals surface area contributed by atoms with Gasteiger partial charge in [0, 0.05) is 36.2 Å². The average Bonchev–Trinajstić information content (AvgIpc) is 2.57. The van der Waals surface area contributed by atoms with Crippen molar-refractivity contribution in [3.63, 3.8) is 0 Å². The summed E-state index contributed by atoms with van der Waals surface area (Å²) in [6.45, 7) is 6.53. The van der Waals surface area contributed by atoms with E-state index in [2.05, 4.69) is 24.1 Å². The van der Waals surface area contributed by atoms with Gasteiger partial charge >= 0.3 is 6.18 Å². The van der Waals surface area contributed by atoms with E-state index in [1.54, 1.807) is 12.1 Å². The molecule has 0 saturated carbocycles. The fourth-order valence-corrected chi connectivity index (χ4v) is 2.76. The molecule has 0 unspecified atom stereocenters. The van der Waals surface area contributed by atoms with Crippen molar-refractivity contribution in [2.45, 2.75) is 39.5 Å². The number of carbonyl (C=O) groups excluding carboxylic acids is 1. The summed E-state index contributed by atoms with van der Waals surface area (Å²) in [5, 5.41) is 2.59. The number of carbonyl (C=O) groups is 1. The summed E-state index contributed by atoms with van der Waals surface area (Å²) in [6.07, 6.45) is -3.93. The standard InChI is InChI=1S/C19H22F3N3O2/c1-4-25(13(2)3)16-8-6-15(7-9-16)23-17(26)12-24-11-14(19(20,21)22)5-10-18(24)27/h5-11,13H,4,12H2,1-3H3,(H,23,26). The van der Waals surface area contributed by atoms with Gasteiger partial charge in [-0.25, -0.2) is 0 Å². The molecule has 0 aliphatic heterocycles. The van der Waals surface area contributed by atoms with Gasteiger partial charge in [0.1, 0.15) is 6.54 Å². The zero-order chi connectivity index (χ0) is 20.2. The van der Waals surface area contributed by atoms with Crippen LogP contribution in [0.1, 0.15) is 26.3 Å². The van der Waals surface area contributed by atoms with Gasteiger partial charge in [-0.05, 0) is 51.1 Å². The number of hydrogen-bond donors (Lipinski definition) is 1. The molecule has 0 aliphatic carbocycles. The summed E-state index contributed by atoms with van der Waals surface area (Å²) >= 11 is 0. The van der Waals surface area contributed by atoms with Gasteiger partial charge in [-0.2, -0.15) is 13.2 Å². The molecule has 1 aromatic carbocycles. The third-order valence-corrected chi connectivity index (χ3v) is 4.07. The Bertz CT molecular complexity index is 843. The summed E-state index contributed by atoms with van der Waals surface area (Å²) in [4.78, 5) is 26.0.